The molecule has 2 aromatic carbocycles. The van der Waals surface area contributed by atoms with E-state index in [1.54, 1.807) is 4.90 Å². The maximum absolute atomic E-state index is 13.5. The number of piperidine rings is 1. The van der Waals surface area contributed by atoms with Crippen molar-refractivity contribution in [1.29, 1.82) is 0 Å². The van der Waals surface area contributed by atoms with Gasteiger partial charge in [-0.2, -0.15) is 0 Å². The van der Waals surface area contributed by atoms with Crippen molar-refractivity contribution in [3.63, 3.8) is 0 Å². The molecule has 2 heterocycles. The zero-order chi connectivity index (χ0) is 21.0. The Kier molecular flexibility index (Phi) is 6.04. The summed E-state index contributed by atoms with van der Waals surface area (Å²) in [6, 6.07) is 20.6. The van der Waals surface area contributed by atoms with E-state index in [1.165, 1.54) is 12.7 Å². The Labute approximate surface area is 178 Å². The molecule has 2 aliphatic heterocycles. The lowest BCUT2D eigenvalue weighted by atomic mass is 9.85. The number of hydrogen-bond donors (Lipinski definition) is 0. The molecule has 2 saturated heterocycles. The first-order valence-corrected chi connectivity index (χ1v) is 10.6. The number of anilines is 1. The van der Waals surface area contributed by atoms with Crippen LogP contribution in [0.5, 0.6) is 0 Å². The summed E-state index contributed by atoms with van der Waals surface area (Å²) < 4.78 is 4.81. The third kappa shape index (κ3) is 4.05. The summed E-state index contributed by atoms with van der Waals surface area (Å²) in [6.45, 7) is 3.15. The van der Waals surface area contributed by atoms with Crippen molar-refractivity contribution in [2.24, 2.45) is 0 Å². The van der Waals surface area contributed by atoms with Crippen LogP contribution in [0.15, 0.2) is 60.7 Å². The van der Waals surface area contributed by atoms with Crippen LogP contribution in [0.4, 0.5) is 5.69 Å². The minimum atomic E-state index is -0.585. The predicted molar refractivity (Wildman–Crippen MR) is 116 cm³/mol. The molecule has 0 unspecified atom stereocenters. The number of esters is 1. The fraction of sp³-hybridized carbons (Fsp3) is 0.417. The van der Waals surface area contributed by atoms with Gasteiger partial charge in [0.15, 0.2) is 0 Å². The molecule has 6 heteroatoms. The predicted octanol–water partition coefficient (Wildman–Crippen LogP) is 2.54. The Morgan fingerprint density at radius 2 is 1.63 bits per heavy atom. The molecule has 0 aromatic heterocycles. The number of benzene rings is 2. The molecule has 4 rings (SSSR count). The van der Waals surface area contributed by atoms with E-state index in [0.29, 0.717) is 6.67 Å². The van der Waals surface area contributed by atoms with Crippen molar-refractivity contribution >= 4 is 17.6 Å². The monoisotopic (exact) mass is 407 g/mol. The van der Waals surface area contributed by atoms with Crippen molar-refractivity contribution < 1.29 is 14.3 Å². The van der Waals surface area contributed by atoms with Gasteiger partial charge in [0.25, 0.3) is 5.91 Å². The highest BCUT2D eigenvalue weighted by atomic mass is 16.5. The van der Waals surface area contributed by atoms with Gasteiger partial charge >= 0.3 is 5.97 Å². The average Bonchev–Trinajstić information content (AvgIpc) is 3.06. The normalized spacial score (nSPS) is 18.8. The van der Waals surface area contributed by atoms with E-state index in [-0.39, 0.29) is 18.4 Å². The van der Waals surface area contributed by atoms with Crippen molar-refractivity contribution in [3.05, 3.63) is 66.2 Å². The van der Waals surface area contributed by atoms with Crippen LogP contribution < -0.4 is 4.90 Å². The van der Waals surface area contributed by atoms with Gasteiger partial charge < -0.3 is 19.4 Å². The highest BCUT2D eigenvalue weighted by molar-refractivity contribution is 5.95. The van der Waals surface area contributed by atoms with E-state index in [2.05, 4.69) is 34.1 Å². The maximum atomic E-state index is 13.5. The molecule has 2 aromatic rings. The van der Waals surface area contributed by atoms with Gasteiger partial charge in [-0.25, -0.2) is 0 Å². The molecule has 30 heavy (non-hydrogen) atoms. The highest BCUT2D eigenvalue weighted by Crippen LogP contribution is 2.39. The van der Waals surface area contributed by atoms with Crippen molar-refractivity contribution in [3.8, 4) is 0 Å². The number of rotatable bonds is 6. The second kappa shape index (κ2) is 8.88. The fourth-order valence-electron chi connectivity index (χ4n) is 4.62. The lowest BCUT2D eigenvalue weighted by Gasteiger charge is -2.43. The quantitative estimate of drug-likeness (QED) is 0.689. The van der Waals surface area contributed by atoms with E-state index >= 15 is 0 Å². The van der Waals surface area contributed by atoms with Gasteiger partial charge in [0, 0.05) is 25.3 Å². The molecule has 0 saturated carbocycles. The van der Waals surface area contributed by atoms with Crippen LogP contribution in [0.2, 0.25) is 0 Å². The topological polar surface area (TPSA) is 53.1 Å². The first-order valence-electron chi connectivity index (χ1n) is 10.6. The molecule has 0 atom stereocenters. The number of methoxy groups -OCH3 is 1. The molecule has 158 valence electrons. The number of carbonyl (C=O) groups is 2. The number of ether oxygens (including phenoxy) is 1. The van der Waals surface area contributed by atoms with Gasteiger partial charge in [-0.15, -0.1) is 0 Å². The summed E-state index contributed by atoms with van der Waals surface area (Å²) in [6.07, 6.45) is 2.53. The second-order valence-electron chi connectivity index (χ2n) is 8.09. The molecule has 0 N–H and O–H groups in total. The van der Waals surface area contributed by atoms with Crippen LogP contribution >= 0.6 is 0 Å². The molecular formula is C24H29N3O3. The van der Waals surface area contributed by atoms with Gasteiger partial charge in [0.05, 0.1) is 13.8 Å². The number of para-hydroxylation sites is 1. The zero-order valence-corrected chi connectivity index (χ0v) is 17.5. The molecule has 1 amide bonds. The van der Waals surface area contributed by atoms with Crippen LogP contribution in [0.3, 0.4) is 0 Å². The summed E-state index contributed by atoms with van der Waals surface area (Å²) in [4.78, 5) is 31.6. The van der Waals surface area contributed by atoms with E-state index in [9.17, 15) is 9.59 Å². The van der Waals surface area contributed by atoms with E-state index in [4.69, 9.17) is 4.74 Å². The average molecular weight is 408 g/mol. The van der Waals surface area contributed by atoms with Crippen LogP contribution in [-0.2, 0) is 20.7 Å². The largest absolute Gasteiger partial charge is 0.468 e. The maximum Gasteiger partial charge on any atom is 0.325 e. The third-order valence-electron chi connectivity index (χ3n) is 6.37. The lowest BCUT2D eigenvalue weighted by molar-refractivity contribution is -0.146. The molecule has 2 fully saturated rings. The van der Waals surface area contributed by atoms with Gasteiger partial charge in [-0.05, 0) is 37.0 Å². The Balaban J connectivity index is 1.48. The number of nitrogens with zero attached hydrogens (tertiary/aromatic N) is 3. The first kappa shape index (κ1) is 20.4. The van der Waals surface area contributed by atoms with Crippen LogP contribution in [0.1, 0.15) is 18.4 Å². The summed E-state index contributed by atoms with van der Waals surface area (Å²) in [7, 11) is 1.36. The standard InChI is InChI=1S/C24H29N3O3/c1-30-22(28)18-26-19-27(21-10-6-3-7-11-21)24(23(26)29)13-16-25(17-14-24)15-12-20-8-4-2-5-9-20/h2-11H,12-19H2,1H3. The Bertz CT molecular complexity index is 864. The Morgan fingerprint density at radius 3 is 2.27 bits per heavy atom. The van der Waals surface area contributed by atoms with Gasteiger partial charge in [-0.1, -0.05) is 48.5 Å². The summed E-state index contributed by atoms with van der Waals surface area (Å²) in [5.74, 6) is -0.340. The number of carbonyl (C=O) groups excluding carboxylic acids is 2. The van der Waals surface area contributed by atoms with E-state index < -0.39 is 5.54 Å². The lowest BCUT2D eigenvalue weighted by Crippen LogP contribution is -2.56. The fourth-order valence-corrected chi connectivity index (χ4v) is 4.62. The van der Waals surface area contributed by atoms with Gasteiger partial charge in [-0.3, -0.25) is 9.59 Å². The van der Waals surface area contributed by atoms with Gasteiger partial charge in [0.2, 0.25) is 0 Å². The molecule has 2 aliphatic rings. The minimum absolute atomic E-state index is 0.00185. The van der Waals surface area contributed by atoms with Gasteiger partial charge in [0.1, 0.15) is 12.1 Å². The molecule has 1 spiro atoms. The molecular weight excluding hydrogens is 378 g/mol. The molecule has 0 aliphatic carbocycles. The van der Waals surface area contributed by atoms with Crippen LogP contribution in [-0.4, -0.2) is 67.2 Å². The van der Waals surface area contributed by atoms with Crippen LogP contribution in [0, 0.1) is 0 Å². The molecule has 0 radical (unpaired) electrons. The van der Waals surface area contributed by atoms with Crippen molar-refractivity contribution in [1.82, 2.24) is 9.80 Å². The second-order valence-corrected chi connectivity index (χ2v) is 8.09. The van der Waals surface area contributed by atoms with Crippen molar-refractivity contribution in [2.45, 2.75) is 24.8 Å². The number of amides is 1. The molecule has 0 bridgehead atoms. The van der Waals surface area contributed by atoms with E-state index in [0.717, 1.165) is 44.6 Å². The Morgan fingerprint density at radius 1 is 1.00 bits per heavy atom. The Hall–Kier alpha value is -2.86. The van der Waals surface area contributed by atoms with E-state index in [1.807, 2.05) is 36.4 Å². The third-order valence-corrected chi connectivity index (χ3v) is 6.37. The zero-order valence-electron chi connectivity index (χ0n) is 17.5. The number of likely N-dealkylation sites (tertiary alicyclic amines) is 1. The highest BCUT2D eigenvalue weighted by Gasteiger charge is 2.53. The minimum Gasteiger partial charge on any atom is -0.468 e. The summed E-state index contributed by atoms with van der Waals surface area (Å²) >= 11 is 0. The summed E-state index contributed by atoms with van der Waals surface area (Å²) in [5.41, 5.74) is 1.78. The smallest absolute Gasteiger partial charge is 0.325 e. The summed E-state index contributed by atoms with van der Waals surface area (Å²) in [5, 5.41) is 0. The SMILES string of the molecule is COC(=O)CN1CN(c2ccccc2)C2(CCN(CCc3ccccc3)CC2)C1=O. The molecule has 6 nitrogen and oxygen atoms in total. The van der Waals surface area contributed by atoms with Crippen LogP contribution in [0.25, 0.3) is 0 Å². The van der Waals surface area contributed by atoms with Crippen molar-refractivity contribution in [2.75, 3.05) is 44.9 Å². The first-order chi connectivity index (χ1) is 14.6. The number of hydrogen-bond acceptors (Lipinski definition) is 5.